The van der Waals surface area contributed by atoms with E-state index in [1.807, 2.05) is 18.2 Å². The Kier molecular flexibility index (Phi) is 4.05. The molecule has 20 heavy (non-hydrogen) atoms. The van der Waals surface area contributed by atoms with Crippen molar-refractivity contribution in [3.63, 3.8) is 0 Å². The van der Waals surface area contributed by atoms with E-state index >= 15 is 0 Å². The van der Waals surface area contributed by atoms with Gasteiger partial charge < -0.3 is 15.0 Å². The van der Waals surface area contributed by atoms with Crippen molar-refractivity contribution in [2.45, 2.75) is 19.2 Å². The monoisotopic (exact) mass is 274 g/mol. The van der Waals surface area contributed by atoms with Crippen LogP contribution in [0.1, 0.15) is 23.4 Å². The Morgan fingerprint density at radius 2 is 2.15 bits per heavy atom. The number of benzene rings is 1. The smallest absolute Gasteiger partial charge is 0.240 e. The van der Waals surface area contributed by atoms with Crippen molar-refractivity contribution >= 4 is 0 Å². The van der Waals surface area contributed by atoms with Crippen molar-refractivity contribution in [3.05, 3.63) is 47.6 Å². The van der Waals surface area contributed by atoms with Crippen molar-refractivity contribution in [1.82, 2.24) is 15.0 Å². The van der Waals surface area contributed by atoms with Crippen molar-refractivity contribution < 1.29 is 9.26 Å². The Bertz CT molecular complexity index is 543. The van der Waals surface area contributed by atoms with E-state index in [9.17, 15) is 0 Å². The van der Waals surface area contributed by atoms with Gasteiger partial charge in [-0.05, 0) is 5.56 Å². The zero-order valence-electron chi connectivity index (χ0n) is 11.2. The third-order valence-corrected chi connectivity index (χ3v) is 3.37. The van der Waals surface area contributed by atoms with Gasteiger partial charge in [-0.3, -0.25) is 4.90 Å². The summed E-state index contributed by atoms with van der Waals surface area (Å²) in [5.41, 5.74) is 6.67. The summed E-state index contributed by atoms with van der Waals surface area (Å²) in [4.78, 5) is 6.51. The molecule has 1 atom stereocenters. The van der Waals surface area contributed by atoms with Crippen molar-refractivity contribution in [2.24, 2.45) is 5.73 Å². The molecule has 1 aliphatic rings. The summed E-state index contributed by atoms with van der Waals surface area (Å²) < 4.78 is 10.9. The molecule has 6 nitrogen and oxygen atoms in total. The van der Waals surface area contributed by atoms with Gasteiger partial charge in [-0.25, -0.2) is 0 Å². The predicted molar refractivity (Wildman–Crippen MR) is 72.6 cm³/mol. The first-order valence-electron chi connectivity index (χ1n) is 6.75. The molecule has 1 unspecified atom stereocenters. The van der Waals surface area contributed by atoms with Gasteiger partial charge in [0, 0.05) is 13.1 Å². The quantitative estimate of drug-likeness (QED) is 0.899. The third kappa shape index (κ3) is 3.04. The fourth-order valence-corrected chi connectivity index (χ4v) is 2.35. The van der Waals surface area contributed by atoms with Crippen LogP contribution in [-0.4, -0.2) is 34.7 Å². The number of hydrogen-bond acceptors (Lipinski definition) is 6. The largest absolute Gasteiger partial charge is 0.371 e. The van der Waals surface area contributed by atoms with E-state index in [2.05, 4.69) is 27.2 Å². The van der Waals surface area contributed by atoms with Gasteiger partial charge in [0.25, 0.3) is 0 Å². The van der Waals surface area contributed by atoms with E-state index in [1.54, 1.807) is 0 Å². The first kappa shape index (κ1) is 13.2. The van der Waals surface area contributed by atoms with Crippen LogP contribution in [0.25, 0.3) is 0 Å². The summed E-state index contributed by atoms with van der Waals surface area (Å²) in [6, 6.07) is 10.3. The molecule has 3 rings (SSSR count). The van der Waals surface area contributed by atoms with E-state index in [-0.39, 0.29) is 12.6 Å². The molecule has 0 spiro atoms. The van der Waals surface area contributed by atoms with Gasteiger partial charge in [0.2, 0.25) is 5.89 Å². The fraction of sp³-hybridized carbons (Fsp3) is 0.429. The van der Waals surface area contributed by atoms with E-state index < -0.39 is 0 Å². The van der Waals surface area contributed by atoms with Crippen LogP contribution < -0.4 is 5.73 Å². The molecule has 6 heteroatoms. The zero-order valence-corrected chi connectivity index (χ0v) is 11.2. The average molecular weight is 274 g/mol. The number of nitrogens with two attached hydrogens (primary N) is 1. The average Bonchev–Trinajstić information content (AvgIpc) is 2.96. The number of aromatic nitrogens is 2. The Labute approximate surface area is 117 Å². The van der Waals surface area contributed by atoms with E-state index in [0.29, 0.717) is 24.9 Å². The molecule has 1 saturated heterocycles. The number of hydrogen-bond donors (Lipinski definition) is 1. The number of ether oxygens (including phenoxy) is 1. The lowest BCUT2D eigenvalue weighted by Crippen LogP contribution is -2.38. The highest BCUT2D eigenvalue weighted by molar-refractivity contribution is 5.18. The predicted octanol–water partition coefficient (Wildman–Crippen LogP) is 1.10. The van der Waals surface area contributed by atoms with Gasteiger partial charge in [0.15, 0.2) is 5.82 Å². The van der Waals surface area contributed by atoms with Gasteiger partial charge in [-0.2, -0.15) is 4.98 Å². The molecule has 0 radical (unpaired) electrons. The van der Waals surface area contributed by atoms with Crippen molar-refractivity contribution in [1.29, 1.82) is 0 Å². The van der Waals surface area contributed by atoms with Crippen LogP contribution >= 0.6 is 0 Å². The van der Waals surface area contributed by atoms with Gasteiger partial charge in [0.1, 0.15) is 0 Å². The van der Waals surface area contributed by atoms with E-state index in [0.717, 1.165) is 13.1 Å². The van der Waals surface area contributed by atoms with Gasteiger partial charge >= 0.3 is 0 Å². The highest BCUT2D eigenvalue weighted by atomic mass is 16.5. The third-order valence-electron chi connectivity index (χ3n) is 3.37. The Morgan fingerprint density at radius 1 is 1.30 bits per heavy atom. The maximum atomic E-state index is 5.83. The van der Waals surface area contributed by atoms with Gasteiger partial charge in [-0.1, -0.05) is 35.5 Å². The van der Waals surface area contributed by atoms with E-state index in [4.69, 9.17) is 15.0 Å². The number of rotatable bonds is 4. The molecule has 1 aromatic carbocycles. The topological polar surface area (TPSA) is 77.4 Å². The standard InChI is InChI=1S/C14H18N4O2/c15-8-14-16-13(17-20-14)10-18-6-7-19-12(9-18)11-4-2-1-3-5-11/h1-5,12H,6-10,15H2. The Balaban J connectivity index is 1.63. The molecular weight excluding hydrogens is 256 g/mol. The highest BCUT2D eigenvalue weighted by Crippen LogP contribution is 2.22. The van der Waals surface area contributed by atoms with Crippen LogP contribution in [0.3, 0.4) is 0 Å². The molecule has 0 saturated carbocycles. The maximum Gasteiger partial charge on any atom is 0.240 e. The molecule has 1 fully saturated rings. The second kappa shape index (κ2) is 6.13. The van der Waals surface area contributed by atoms with Gasteiger partial charge in [-0.15, -0.1) is 0 Å². The van der Waals surface area contributed by atoms with Crippen molar-refractivity contribution in [2.75, 3.05) is 19.7 Å². The number of morpholine rings is 1. The van der Waals surface area contributed by atoms with E-state index in [1.165, 1.54) is 5.56 Å². The van der Waals surface area contributed by atoms with Crippen molar-refractivity contribution in [3.8, 4) is 0 Å². The molecule has 2 aromatic rings. The number of nitrogens with zero attached hydrogens (tertiary/aromatic N) is 3. The molecule has 0 bridgehead atoms. The molecule has 0 amide bonds. The molecule has 0 aliphatic carbocycles. The summed E-state index contributed by atoms with van der Waals surface area (Å²) in [5.74, 6) is 1.16. The second-order valence-electron chi connectivity index (χ2n) is 4.81. The first-order valence-corrected chi connectivity index (χ1v) is 6.75. The summed E-state index contributed by atoms with van der Waals surface area (Å²) in [5, 5.41) is 3.93. The second-order valence-corrected chi connectivity index (χ2v) is 4.81. The summed E-state index contributed by atoms with van der Waals surface area (Å²) in [6.07, 6.45) is 0.103. The van der Waals surface area contributed by atoms with Crippen LogP contribution in [0.5, 0.6) is 0 Å². The molecule has 106 valence electrons. The minimum absolute atomic E-state index is 0.103. The highest BCUT2D eigenvalue weighted by Gasteiger charge is 2.23. The lowest BCUT2D eigenvalue weighted by Gasteiger charge is -2.32. The maximum absolute atomic E-state index is 5.83. The van der Waals surface area contributed by atoms with Crippen LogP contribution in [0.4, 0.5) is 0 Å². The minimum Gasteiger partial charge on any atom is -0.371 e. The molecule has 1 aliphatic heterocycles. The summed E-state index contributed by atoms with van der Waals surface area (Å²) >= 11 is 0. The normalized spacial score (nSPS) is 20.1. The summed E-state index contributed by atoms with van der Waals surface area (Å²) in [7, 11) is 0. The van der Waals surface area contributed by atoms with Crippen LogP contribution in [0, 0.1) is 0 Å². The lowest BCUT2D eigenvalue weighted by molar-refractivity contribution is -0.0338. The summed E-state index contributed by atoms with van der Waals surface area (Å²) in [6.45, 7) is 3.35. The molecule has 1 aromatic heterocycles. The molecule has 2 N–H and O–H groups in total. The zero-order chi connectivity index (χ0) is 13.8. The fourth-order valence-electron chi connectivity index (χ4n) is 2.35. The Hall–Kier alpha value is -1.76. The lowest BCUT2D eigenvalue weighted by atomic mass is 10.1. The molecule has 2 heterocycles. The van der Waals surface area contributed by atoms with Crippen LogP contribution in [0.2, 0.25) is 0 Å². The van der Waals surface area contributed by atoms with Gasteiger partial charge in [0.05, 0.1) is 25.8 Å². The Morgan fingerprint density at radius 3 is 2.90 bits per heavy atom. The first-order chi connectivity index (χ1) is 9.85. The van der Waals surface area contributed by atoms with Crippen LogP contribution in [0.15, 0.2) is 34.9 Å². The molecular formula is C14H18N4O2. The van der Waals surface area contributed by atoms with Crippen LogP contribution in [-0.2, 0) is 17.8 Å². The minimum atomic E-state index is 0.103. The SMILES string of the molecule is NCc1nc(CN2CCOC(c3ccccc3)C2)no1.